The third kappa shape index (κ3) is 3.89. The monoisotopic (exact) mass is 376 g/mol. The predicted molar refractivity (Wildman–Crippen MR) is 98.0 cm³/mol. The van der Waals surface area contributed by atoms with Gasteiger partial charge in [-0.2, -0.15) is 10.1 Å². The number of aromatic nitrogens is 3. The molecule has 1 aliphatic rings. The zero-order valence-electron chi connectivity index (χ0n) is 14.7. The van der Waals surface area contributed by atoms with Crippen LogP contribution in [0.4, 0.5) is 5.95 Å². The average Bonchev–Trinajstić information content (AvgIpc) is 3.09. The summed E-state index contributed by atoms with van der Waals surface area (Å²) in [5.74, 6) is 0.168. The van der Waals surface area contributed by atoms with Gasteiger partial charge in [0.25, 0.3) is 0 Å². The molecule has 0 saturated heterocycles. The van der Waals surface area contributed by atoms with Crippen molar-refractivity contribution in [1.29, 1.82) is 0 Å². The van der Waals surface area contributed by atoms with E-state index in [2.05, 4.69) is 15.4 Å². The number of rotatable bonds is 7. The Morgan fingerprint density at radius 1 is 1.27 bits per heavy atom. The second-order valence-electron chi connectivity index (χ2n) is 5.89. The number of allylic oxidation sites excluding steroid dienone is 1. The zero-order chi connectivity index (χ0) is 18.5. The predicted octanol–water partition coefficient (Wildman–Crippen LogP) is 3.19. The minimum atomic E-state index is -0.435. The van der Waals surface area contributed by atoms with Crippen molar-refractivity contribution in [2.24, 2.45) is 0 Å². The lowest BCUT2D eigenvalue weighted by molar-refractivity contribution is -0.141. The molecule has 26 heavy (non-hydrogen) atoms. The molecule has 1 atom stereocenters. The van der Waals surface area contributed by atoms with Gasteiger partial charge in [-0.15, -0.1) is 0 Å². The Morgan fingerprint density at radius 2 is 2.04 bits per heavy atom. The molecule has 1 N–H and O–H groups in total. The molecule has 2 aromatic rings. The van der Waals surface area contributed by atoms with Gasteiger partial charge in [0.05, 0.1) is 12.2 Å². The van der Waals surface area contributed by atoms with Gasteiger partial charge in [-0.3, -0.25) is 0 Å². The van der Waals surface area contributed by atoms with Crippen molar-refractivity contribution >= 4 is 23.5 Å². The van der Waals surface area contributed by atoms with Crippen LogP contribution in [0.1, 0.15) is 31.9 Å². The van der Waals surface area contributed by atoms with Gasteiger partial charge in [-0.05, 0) is 31.0 Å². The quantitative estimate of drug-likeness (QED) is 0.590. The molecule has 1 aromatic heterocycles. The number of nitrogens with zero attached hydrogens (tertiary/aromatic N) is 3. The highest BCUT2D eigenvalue weighted by Gasteiger charge is 2.34. The van der Waals surface area contributed by atoms with Gasteiger partial charge >= 0.3 is 5.97 Å². The van der Waals surface area contributed by atoms with E-state index in [-0.39, 0.29) is 6.61 Å². The number of benzene rings is 1. The lowest BCUT2D eigenvalue weighted by Crippen LogP contribution is -2.30. The smallest absolute Gasteiger partial charge is 0.338 e. The highest BCUT2D eigenvalue weighted by Crippen LogP contribution is 2.35. The summed E-state index contributed by atoms with van der Waals surface area (Å²) in [5.41, 5.74) is 2.04. The first-order valence-electron chi connectivity index (χ1n) is 8.49. The van der Waals surface area contributed by atoms with Gasteiger partial charge in [0.2, 0.25) is 5.95 Å². The fourth-order valence-corrected chi connectivity index (χ4v) is 2.95. The molecule has 1 aliphatic heterocycles. The maximum Gasteiger partial charge on any atom is 0.338 e. The third-order valence-corrected chi connectivity index (χ3v) is 4.26. The molecule has 1 aromatic carbocycles. The van der Waals surface area contributed by atoms with Crippen molar-refractivity contribution in [1.82, 2.24) is 14.8 Å². The molecular weight excluding hydrogens is 356 g/mol. The molecule has 0 aliphatic carbocycles. The molecule has 0 bridgehead atoms. The molecule has 138 valence electrons. The molecule has 3 rings (SSSR count). The molecule has 1 unspecified atom stereocenters. The van der Waals surface area contributed by atoms with Gasteiger partial charge in [0.1, 0.15) is 19.0 Å². The standard InChI is InChI=1S/C18H21ClN4O3/c1-3-8-25-9-10-26-17(24)15-12(2)22-18-20-11-21-23(18)16(15)13-4-6-14(19)7-5-13/h4-7,11,16H,3,8-10H2,1-2H3,(H,20,21,22). The lowest BCUT2D eigenvalue weighted by atomic mass is 9.96. The number of hydrogen-bond donors (Lipinski definition) is 1. The minimum Gasteiger partial charge on any atom is -0.460 e. The number of fused-ring (bicyclic) bond motifs is 1. The average molecular weight is 377 g/mol. The summed E-state index contributed by atoms with van der Waals surface area (Å²) in [6.07, 6.45) is 2.38. The Kier molecular flexibility index (Phi) is 5.90. The van der Waals surface area contributed by atoms with Crippen LogP contribution in [0.25, 0.3) is 0 Å². The van der Waals surface area contributed by atoms with E-state index < -0.39 is 12.0 Å². The SMILES string of the molecule is CCCOCCOC(=O)C1=C(C)Nc2ncnn2C1c1ccc(Cl)cc1. The van der Waals surface area contributed by atoms with Crippen LogP contribution in [0.3, 0.4) is 0 Å². The van der Waals surface area contributed by atoms with E-state index in [1.165, 1.54) is 6.33 Å². The van der Waals surface area contributed by atoms with Crippen molar-refractivity contribution in [2.75, 3.05) is 25.1 Å². The van der Waals surface area contributed by atoms with Crippen LogP contribution in [0.5, 0.6) is 0 Å². The number of nitrogens with one attached hydrogen (secondary N) is 1. The van der Waals surface area contributed by atoms with E-state index in [0.717, 1.165) is 12.0 Å². The number of esters is 1. The first-order chi connectivity index (χ1) is 12.6. The van der Waals surface area contributed by atoms with Crippen LogP contribution in [0, 0.1) is 0 Å². The first kappa shape index (κ1) is 18.4. The fraction of sp³-hybridized carbons (Fsp3) is 0.389. The number of carbonyl (C=O) groups excluding carboxylic acids is 1. The number of anilines is 1. The largest absolute Gasteiger partial charge is 0.460 e. The van der Waals surface area contributed by atoms with E-state index in [4.69, 9.17) is 21.1 Å². The fourth-order valence-electron chi connectivity index (χ4n) is 2.83. The molecule has 2 heterocycles. The highest BCUT2D eigenvalue weighted by atomic mass is 35.5. The Labute approximate surface area is 157 Å². The molecule has 7 nitrogen and oxygen atoms in total. The van der Waals surface area contributed by atoms with Gasteiger partial charge in [-0.1, -0.05) is 30.7 Å². The summed E-state index contributed by atoms with van der Waals surface area (Å²) in [6, 6.07) is 6.87. The van der Waals surface area contributed by atoms with Crippen molar-refractivity contribution < 1.29 is 14.3 Å². The molecule has 0 amide bonds. The summed E-state index contributed by atoms with van der Waals surface area (Å²) >= 11 is 6.00. The zero-order valence-corrected chi connectivity index (χ0v) is 15.5. The van der Waals surface area contributed by atoms with E-state index in [0.29, 0.717) is 35.5 Å². The maximum absolute atomic E-state index is 12.8. The summed E-state index contributed by atoms with van der Waals surface area (Å²) in [6.45, 7) is 5.08. The third-order valence-electron chi connectivity index (χ3n) is 4.01. The number of halogens is 1. The first-order valence-corrected chi connectivity index (χ1v) is 8.87. The number of hydrogen-bond acceptors (Lipinski definition) is 6. The Morgan fingerprint density at radius 3 is 2.77 bits per heavy atom. The van der Waals surface area contributed by atoms with Crippen LogP contribution in [-0.2, 0) is 14.3 Å². The van der Waals surface area contributed by atoms with Gasteiger partial charge in [0.15, 0.2) is 0 Å². The molecule has 8 heteroatoms. The van der Waals surface area contributed by atoms with E-state index in [1.54, 1.807) is 16.8 Å². The lowest BCUT2D eigenvalue weighted by Gasteiger charge is -2.28. The highest BCUT2D eigenvalue weighted by molar-refractivity contribution is 6.30. The summed E-state index contributed by atoms with van der Waals surface area (Å²) in [5, 5.41) is 8.00. The van der Waals surface area contributed by atoms with Crippen LogP contribution >= 0.6 is 11.6 Å². The second-order valence-corrected chi connectivity index (χ2v) is 6.33. The molecule has 0 radical (unpaired) electrons. The normalized spacial score (nSPS) is 16.2. The van der Waals surface area contributed by atoms with Gasteiger partial charge in [-0.25, -0.2) is 9.48 Å². The molecule has 0 saturated carbocycles. The number of ether oxygens (including phenoxy) is 2. The van der Waals surface area contributed by atoms with Gasteiger partial charge in [0, 0.05) is 17.3 Å². The van der Waals surface area contributed by atoms with Crippen molar-refractivity contribution in [3.05, 3.63) is 52.4 Å². The second kappa shape index (κ2) is 8.33. The van der Waals surface area contributed by atoms with Crippen LogP contribution in [-0.4, -0.2) is 40.6 Å². The summed E-state index contributed by atoms with van der Waals surface area (Å²) in [7, 11) is 0. The Bertz CT molecular complexity index is 801. The molecule has 0 fully saturated rings. The van der Waals surface area contributed by atoms with Crippen molar-refractivity contribution in [3.63, 3.8) is 0 Å². The minimum absolute atomic E-state index is 0.202. The molecular formula is C18H21ClN4O3. The van der Waals surface area contributed by atoms with Gasteiger partial charge < -0.3 is 14.8 Å². The van der Waals surface area contributed by atoms with E-state index >= 15 is 0 Å². The maximum atomic E-state index is 12.8. The summed E-state index contributed by atoms with van der Waals surface area (Å²) in [4.78, 5) is 17.0. The van der Waals surface area contributed by atoms with E-state index in [1.807, 2.05) is 26.0 Å². The van der Waals surface area contributed by atoms with Crippen LogP contribution in [0.15, 0.2) is 41.9 Å². The topological polar surface area (TPSA) is 78.3 Å². The van der Waals surface area contributed by atoms with E-state index in [9.17, 15) is 4.79 Å². The van der Waals surface area contributed by atoms with Crippen LogP contribution in [0.2, 0.25) is 5.02 Å². The Balaban J connectivity index is 1.85. The van der Waals surface area contributed by atoms with Crippen molar-refractivity contribution in [2.45, 2.75) is 26.3 Å². The summed E-state index contributed by atoms with van der Waals surface area (Å²) < 4.78 is 12.4. The van der Waals surface area contributed by atoms with Crippen molar-refractivity contribution in [3.8, 4) is 0 Å². The molecule has 0 spiro atoms. The number of carbonyl (C=O) groups is 1. The van der Waals surface area contributed by atoms with Crippen LogP contribution < -0.4 is 5.32 Å². The Hall–Kier alpha value is -2.38.